The van der Waals surface area contributed by atoms with Gasteiger partial charge < -0.3 is 60.9 Å². The number of nitrogens with one attached hydrogen (secondary N) is 4. The third-order valence-electron chi connectivity index (χ3n) is 8.32. The predicted molar refractivity (Wildman–Crippen MR) is 176 cm³/mol. The average molecular weight is 832 g/mol. The lowest BCUT2D eigenvalue weighted by Crippen LogP contribution is -2.46. The molecule has 27 nitrogen and oxygen atoms in total. The van der Waals surface area contributed by atoms with Crippen molar-refractivity contribution in [2.24, 2.45) is 12.8 Å². The molecule has 300 valence electrons. The number of aliphatic hydroxyl groups is 4. The van der Waals surface area contributed by atoms with Gasteiger partial charge in [0.2, 0.25) is 11.7 Å². The molecule has 0 aliphatic carbocycles. The van der Waals surface area contributed by atoms with Crippen molar-refractivity contribution < 1.29 is 80.5 Å². The molecule has 0 radical (unpaired) electrons. The zero-order valence-corrected chi connectivity index (χ0v) is 30.5. The van der Waals surface area contributed by atoms with Crippen LogP contribution in [0.15, 0.2) is 30.1 Å². The van der Waals surface area contributed by atoms with Crippen LogP contribution in [0, 0.1) is 0 Å². The van der Waals surface area contributed by atoms with Crippen LogP contribution in [-0.4, -0.2) is 122 Å². The van der Waals surface area contributed by atoms with E-state index in [0.29, 0.717) is 11.5 Å². The average Bonchev–Trinajstić information content (AvgIpc) is 3.81. The minimum atomic E-state index is -5.97. The van der Waals surface area contributed by atoms with Crippen LogP contribution in [0.5, 0.6) is 0 Å². The van der Waals surface area contributed by atoms with Crippen LogP contribution in [0.25, 0.3) is 11.2 Å². The summed E-state index contributed by atoms with van der Waals surface area (Å²) in [6.07, 6.45) is -9.18. The topological polar surface area (TPSA) is 383 Å². The lowest BCUT2D eigenvalue weighted by molar-refractivity contribution is -0.745. The van der Waals surface area contributed by atoms with E-state index in [2.05, 4.69) is 55.1 Å². The van der Waals surface area contributed by atoms with Gasteiger partial charge in [-0.25, -0.2) is 23.2 Å². The van der Waals surface area contributed by atoms with Crippen molar-refractivity contribution in [1.82, 2.24) is 29.4 Å². The highest BCUT2D eigenvalue weighted by Crippen LogP contribution is 2.67. The Morgan fingerprint density at radius 2 is 1.67 bits per heavy atom. The summed E-state index contributed by atoms with van der Waals surface area (Å²) in [5, 5.41) is 51.1. The summed E-state index contributed by atoms with van der Waals surface area (Å²) in [6.45, 7) is 1.98. The Morgan fingerprint density at radius 3 is 2.31 bits per heavy atom. The number of aromatic amines is 1. The summed E-state index contributed by atoms with van der Waals surface area (Å²) in [7, 11) is -15.8. The Balaban J connectivity index is 1.04. The first kappa shape index (κ1) is 40.6. The van der Waals surface area contributed by atoms with Crippen LogP contribution in [0.4, 0.5) is 11.8 Å². The molecule has 0 bridgehead atoms. The zero-order valence-electron chi connectivity index (χ0n) is 27.8. The molecule has 13 N–H and O–H groups in total. The number of ether oxygens (including phenoxy) is 2. The number of nitrogens with zero attached hydrogens (tertiary/aromatic N) is 5. The molecule has 0 saturated carbocycles. The summed E-state index contributed by atoms with van der Waals surface area (Å²) >= 11 is 0. The molecule has 3 aliphatic heterocycles. The number of aromatic nitrogens is 6. The lowest BCUT2D eigenvalue weighted by Gasteiger charge is -2.25. The predicted octanol–water partition coefficient (Wildman–Crippen LogP) is -3.42. The summed E-state index contributed by atoms with van der Waals surface area (Å²) in [6, 6.07) is 0. The summed E-state index contributed by atoms with van der Waals surface area (Å²) in [5.74, 6) is 0.411. The van der Waals surface area contributed by atoms with Crippen molar-refractivity contribution in [2.45, 2.75) is 55.2 Å². The Morgan fingerprint density at radius 1 is 1.04 bits per heavy atom. The van der Waals surface area contributed by atoms with Gasteiger partial charge in [-0.15, -0.1) is 6.58 Å². The highest BCUT2D eigenvalue weighted by Gasteiger charge is 2.50. The Hall–Kier alpha value is -3.01. The molecule has 3 aromatic rings. The summed E-state index contributed by atoms with van der Waals surface area (Å²) in [5.41, 5.74) is 5.82. The first-order valence-electron chi connectivity index (χ1n) is 15.7. The van der Waals surface area contributed by atoms with Crippen LogP contribution in [0.2, 0.25) is 0 Å². The van der Waals surface area contributed by atoms with E-state index in [1.165, 1.54) is 39.5 Å². The summed E-state index contributed by atoms with van der Waals surface area (Å²) in [4.78, 5) is 53.9. The molecule has 12 atom stereocenters. The Labute approximate surface area is 302 Å². The molecule has 2 saturated heterocycles. The number of phosphoric acid groups is 3. The minimum absolute atomic E-state index is 0.0119. The van der Waals surface area contributed by atoms with Crippen LogP contribution in [-0.2, 0) is 47.9 Å². The van der Waals surface area contributed by atoms with Crippen LogP contribution < -0.4 is 31.8 Å². The second kappa shape index (κ2) is 15.5. The molecule has 3 aromatic heterocycles. The Bertz CT molecular complexity index is 2080. The fourth-order valence-corrected chi connectivity index (χ4v) is 9.38. The van der Waals surface area contributed by atoms with Gasteiger partial charge >= 0.3 is 29.1 Å². The zero-order chi connectivity index (χ0) is 39.3. The molecule has 30 heteroatoms. The van der Waals surface area contributed by atoms with E-state index in [1.807, 2.05) is 0 Å². The number of hydrogen-bond acceptors (Lipinski definition) is 20. The van der Waals surface area contributed by atoms with E-state index < -0.39 is 97.5 Å². The van der Waals surface area contributed by atoms with Gasteiger partial charge in [-0.05, 0) is 0 Å². The van der Waals surface area contributed by atoms with E-state index in [9.17, 15) is 53.6 Å². The number of aliphatic hydroxyl groups excluding tert-OH is 4. The number of fused-ring (bicyclic) bond motifs is 2. The van der Waals surface area contributed by atoms with Gasteiger partial charge in [-0.2, -0.15) is 8.62 Å². The highest BCUT2D eigenvalue weighted by atomic mass is 31.3. The van der Waals surface area contributed by atoms with Gasteiger partial charge in [0.1, 0.15) is 54.3 Å². The van der Waals surface area contributed by atoms with E-state index in [-0.39, 0.29) is 30.3 Å². The molecule has 0 amide bonds. The van der Waals surface area contributed by atoms with Gasteiger partial charge in [-0.1, -0.05) is 11.1 Å². The molecule has 6 heterocycles. The van der Waals surface area contributed by atoms with Crippen molar-refractivity contribution in [3.63, 3.8) is 0 Å². The number of phosphoric ester groups is 2. The molecular formula is C24H38N10O17P3+. The van der Waals surface area contributed by atoms with Gasteiger partial charge in [0.05, 0.1) is 33.3 Å². The number of nitrogens with two attached hydrogens (primary N) is 1. The number of anilines is 2. The summed E-state index contributed by atoms with van der Waals surface area (Å²) < 4.78 is 70.2. The smallest absolute Gasteiger partial charge is 0.387 e. The minimum Gasteiger partial charge on any atom is -0.387 e. The molecule has 6 unspecified atom stereocenters. The third kappa shape index (κ3) is 8.39. The monoisotopic (exact) mass is 831 g/mol. The third-order valence-corrected chi connectivity index (χ3v) is 12.6. The van der Waals surface area contributed by atoms with Gasteiger partial charge in [0, 0.05) is 6.54 Å². The van der Waals surface area contributed by atoms with Crippen molar-refractivity contribution in [1.29, 1.82) is 0 Å². The largest absolute Gasteiger partial charge is 0.490 e. The van der Waals surface area contributed by atoms with Gasteiger partial charge in [0.25, 0.3) is 11.5 Å². The maximum Gasteiger partial charge on any atom is 0.490 e. The molecule has 3 aliphatic rings. The van der Waals surface area contributed by atoms with E-state index in [0.717, 1.165) is 0 Å². The molecule has 6 rings (SSSR count). The number of H-pyrrole nitrogens is 1. The number of rotatable bonds is 15. The van der Waals surface area contributed by atoms with E-state index in [4.69, 9.17) is 15.2 Å². The van der Waals surface area contributed by atoms with Crippen LogP contribution in [0.3, 0.4) is 0 Å². The maximum atomic E-state index is 12.7. The van der Waals surface area contributed by atoms with Crippen molar-refractivity contribution in [3.05, 3.63) is 41.4 Å². The van der Waals surface area contributed by atoms with Crippen LogP contribution >= 0.6 is 23.5 Å². The molecule has 0 aromatic carbocycles. The molecule has 54 heavy (non-hydrogen) atoms. The second-order valence-electron chi connectivity index (χ2n) is 12.1. The van der Waals surface area contributed by atoms with Crippen molar-refractivity contribution in [3.8, 4) is 0 Å². The lowest BCUT2D eigenvalue weighted by atomic mass is 10.1. The van der Waals surface area contributed by atoms with E-state index in [1.54, 1.807) is 0 Å². The SMILES string of the molecule is C=CCNc1nc2c(c(=O)[nH]1)n(C)c[n+]2[C@@H]1O[C@H](COP(=O)(O)OP(=O)(O)OP(=O)(O)OC[C@H]2O[C@@H](n3cnc4c3NCNC4N)C(O)[C@H]2O)[C@H](O)C1O. The van der Waals surface area contributed by atoms with Gasteiger partial charge in [-0.3, -0.25) is 33.3 Å². The molecular weight excluding hydrogens is 793 g/mol. The molecule has 2 fully saturated rings. The number of aryl methyl sites for hydroxylation is 1. The highest BCUT2D eigenvalue weighted by molar-refractivity contribution is 7.66. The van der Waals surface area contributed by atoms with Crippen molar-refractivity contribution in [2.75, 3.05) is 37.1 Å². The van der Waals surface area contributed by atoms with Crippen LogP contribution in [0.1, 0.15) is 24.3 Å². The number of imidazole rings is 2. The first-order valence-corrected chi connectivity index (χ1v) is 20.2. The quantitative estimate of drug-likeness (QED) is 0.0403. The fraction of sp³-hybridized carbons (Fsp3) is 0.583. The normalized spacial score (nSPS) is 31.7. The van der Waals surface area contributed by atoms with E-state index >= 15 is 0 Å². The Kier molecular flexibility index (Phi) is 11.7. The standard InChI is InChI=1S/C24H37N10O17P3/c1-3-4-26-24-30-20-13(21(39)31-24)32(2)9-34(20)23-17(38)15(36)11(49-23)6-47-53(42,43)51-54(44,45)50-52(40,41)46-5-10-14(35)16(37)22(48-10)33-8-29-12-18(25)27-7-28-19(12)33/h3,8-11,14-18,22-23,27-28,35-38H,1,4-7,25H2,2H3,(H4-,26,30,31,39,40,41,42,43,44,45)/p+1/t10-,11-,14+,15+,16?,17?,18?,22-,23-/m1/s1. The van der Waals surface area contributed by atoms with Crippen molar-refractivity contribution >= 4 is 46.4 Å². The number of hydrogen-bond donors (Lipinski definition) is 12. The fourth-order valence-electron chi connectivity index (χ4n) is 5.86. The second-order valence-corrected chi connectivity index (χ2v) is 16.7. The maximum absolute atomic E-state index is 12.7. The molecule has 0 spiro atoms. The first-order chi connectivity index (χ1) is 25.3. The van der Waals surface area contributed by atoms with Gasteiger partial charge in [0.15, 0.2) is 12.6 Å².